The van der Waals surface area contributed by atoms with E-state index in [1.807, 2.05) is 44.2 Å². The number of carbonyl (C=O) groups is 1. The summed E-state index contributed by atoms with van der Waals surface area (Å²) in [4.78, 5) is 27.0. The molecule has 4 rings (SSSR count). The second kappa shape index (κ2) is 10.5. The maximum Gasteiger partial charge on any atom is 0.276 e. The summed E-state index contributed by atoms with van der Waals surface area (Å²) in [6.07, 6.45) is 2.67. The Morgan fingerprint density at radius 1 is 1.08 bits per heavy atom. The minimum atomic E-state index is -0.738. The molecule has 0 spiro atoms. The van der Waals surface area contributed by atoms with Gasteiger partial charge in [0.1, 0.15) is 19.3 Å². The van der Waals surface area contributed by atoms with Gasteiger partial charge >= 0.3 is 0 Å². The number of aromatic hydroxyl groups is 1. The summed E-state index contributed by atoms with van der Waals surface area (Å²) in [5.74, 6) is 9.65. The summed E-state index contributed by atoms with van der Waals surface area (Å²) < 4.78 is 3.03. The van der Waals surface area contributed by atoms with E-state index in [-0.39, 0.29) is 31.5 Å². The zero-order chi connectivity index (χ0) is 25.8. The predicted octanol–water partition coefficient (Wildman–Crippen LogP) is 0.528. The third kappa shape index (κ3) is 4.60. The number of aliphatic hydroxyl groups is 2. The average molecular weight is 488 g/mol. The number of aromatic nitrogens is 4. The van der Waals surface area contributed by atoms with E-state index in [9.17, 15) is 24.9 Å². The van der Waals surface area contributed by atoms with Crippen LogP contribution in [0.1, 0.15) is 53.2 Å². The molecule has 1 aliphatic rings. The van der Waals surface area contributed by atoms with Crippen LogP contribution in [0.5, 0.6) is 5.75 Å². The average Bonchev–Trinajstić information content (AvgIpc) is 3.27. The standard InChI is InChI=1S/C26H25N5O5/c1-17(2)29-16-21(31-24(26(29)36)25(35)22(34)14-27-31)23(18-8-4-3-5-9-18)30-15-19(10-6-12-32)20(28-30)11-7-13-33/h3-5,8-9,14-15,17,21,23,32-33,35H,12-13,16H2,1-2H3/t21-,23-/m1/s1. The van der Waals surface area contributed by atoms with Crippen LogP contribution in [0.15, 0.2) is 47.5 Å². The number of aliphatic hydroxyl groups excluding tert-OH is 2. The van der Waals surface area contributed by atoms with Crippen molar-refractivity contribution < 1.29 is 20.1 Å². The van der Waals surface area contributed by atoms with Gasteiger partial charge in [-0.2, -0.15) is 10.2 Å². The van der Waals surface area contributed by atoms with Crippen LogP contribution in [-0.4, -0.2) is 71.5 Å². The molecule has 1 aromatic carbocycles. The second-order valence-electron chi connectivity index (χ2n) is 8.42. The van der Waals surface area contributed by atoms with Crippen molar-refractivity contribution in [3.8, 4) is 29.4 Å². The SMILES string of the molecule is CC(C)N1C[C@H]([C@@H](c2ccccc2)n2cc(C#CCO)c(C#CCO)n2)n2ncc(=O)c(O)c2C1=O. The normalized spacial score (nSPS) is 15.5. The Bertz CT molecular complexity index is 1410. The molecule has 0 bridgehead atoms. The molecule has 2 aromatic heterocycles. The molecule has 0 aliphatic carbocycles. The van der Waals surface area contributed by atoms with Crippen LogP contribution in [0.2, 0.25) is 0 Å². The fourth-order valence-corrected chi connectivity index (χ4v) is 4.26. The van der Waals surface area contributed by atoms with Crippen LogP contribution in [-0.2, 0) is 0 Å². The highest BCUT2D eigenvalue weighted by atomic mass is 16.3. The fraction of sp³-hybridized carbons (Fsp3) is 0.308. The van der Waals surface area contributed by atoms with Crippen molar-refractivity contribution in [1.29, 1.82) is 0 Å². The van der Waals surface area contributed by atoms with Gasteiger partial charge in [-0.05, 0) is 25.3 Å². The highest BCUT2D eigenvalue weighted by molar-refractivity contribution is 5.95. The second-order valence-corrected chi connectivity index (χ2v) is 8.42. The van der Waals surface area contributed by atoms with E-state index < -0.39 is 29.2 Å². The first-order chi connectivity index (χ1) is 17.4. The molecule has 0 saturated carbocycles. The van der Waals surface area contributed by atoms with Gasteiger partial charge in [0.15, 0.2) is 17.1 Å². The molecule has 1 aliphatic heterocycles. The lowest BCUT2D eigenvalue weighted by Crippen LogP contribution is -2.50. The molecule has 184 valence electrons. The van der Waals surface area contributed by atoms with Gasteiger partial charge < -0.3 is 20.2 Å². The Morgan fingerprint density at radius 3 is 2.44 bits per heavy atom. The lowest BCUT2D eigenvalue weighted by molar-refractivity contribution is 0.0547. The Hall–Kier alpha value is -4.38. The molecule has 0 fully saturated rings. The van der Waals surface area contributed by atoms with Gasteiger partial charge in [0.25, 0.3) is 5.91 Å². The molecular formula is C26H25N5O5. The Balaban J connectivity index is 1.97. The monoisotopic (exact) mass is 487 g/mol. The summed E-state index contributed by atoms with van der Waals surface area (Å²) in [6.45, 7) is 3.23. The van der Waals surface area contributed by atoms with Crippen LogP contribution in [0.25, 0.3) is 0 Å². The van der Waals surface area contributed by atoms with Crippen molar-refractivity contribution in [1.82, 2.24) is 24.5 Å². The third-order valence-electron chi connectivity index (χ3n) is 5.88. The number of carbonyl (C=O) groups excluding carboxylic acids is 1. The number of hydrogen-bond donors (Lipinski definition) is 3. The highest BCUT2D eigenvalue weighted by Crippen LogP contribution is 2.36. The predicted molar refractivity (Wildman–Crippen MR) is 130 cm³/mol. The minimum absolute atomic E-state index is 0.180. The molecule has 2 atom stereocenters. The Labute approximate surface area is 207 Å². The maximum atomic E-state index is 13.2. The molecule has 0 saturated heterocycles. The molecule has 0 unspecified atom stereocenters. The van der Waals surface area contributed by atoms with Crippen molar-refractivity contribution in [3.05, 3.63) is 75.5 Å². The van der Waals surface area contributed by atoms with Crippen molar-refractivity contribution in [2.24, 2.45) is 0 Å². The minimum Gasteiger partial charge on any atom is -0.502 e. The highest BCUT2D eigenvalue weighted by Gasteiger charge is 2.41. The van der Waals surface area contributed by atoms with Crippen LogP contribution in [0.3, 0.4) is 0 Å². The lowest BCUT2D eigenvalue weighted by Gasteiger charge is -2.40. The van der Waals surface area contributed by atoms with Crippen LogP contribution < -0.4 is 5.43 Å². The van der Waals surface area contributed by atoms with Gasteiger partial charge in [-0.3, -0.25) is 14.3 Å². The number of rotatable bonds is 4. The van der Waals surface area contributed by atoms with Gasteiger partial charge in [0.2, 0.25) is 5.43 Å². The maximum absolute atomic E-state index is 13.2. The summed E-state index contributed by atoms with van der Waals surface area (Å²) >= 11 is 0. The molecule has 10 nitrogen and oxygen atoms in total. The van der Waals surface area contributed by atoms with E-state index in [1.54, 1.807) is 15.8 Å². The largest absolute Gasteiger partial charge is 0.502 e. The van der Waals surface area contributed by atoms with E-state index in [0.29, 0.717) is 11.3 Å². The molecule has 0 radical (unpaired) electrons. The van der Waals surface area contributed by atoms with Crippen LogP contribution in [0, 0.1) is 23.7 Å². The summed E-state index contributed by atoms with van der Waals surface area (Å²) in [7, 11) is 0. The van der Waals surface area contributed by atoms with E-state index in [4.69, 9.17) is 0 Å². The quantitative estimate of drug-likeness (QED) is 0.457. The molecule has 1 amide bonds. The molecule has 36 heavy (non-hydrogen) atoms. The van der Waals surface area contributed by atoms with Crippen LogP contribution >= 0.6 is 0 Å². The first-order valence-electron chi connectivity index (χ1n) is 11.3. The van der Waals surface area contributed by atoms with Gasteiger partial charge in [-0.1, -0.05) is 48.1 Å². The molecule has 3 heterocycles. The molecule has 10 heteroatoms. The topological polar surface area (TPSA) is 134 Å². The summed E-state index contributed by atoms with van der Waals surface area (Å²) in [6, 6.07) is 8.10. The van der Waals surface area contributed by atoms with Gasteiger partial charge in [0.05, 0.1) is 17.8 Å². The van der Waals surface area contributed by atoms with Crippen molar-refractivity contribution >= 4 is 5.91 Å². The van der Waals surface area contributed by atoms with Crippen molar-refractivity contribution in [3.63, 3.8) is 0 Å². The van der Waals surface area contributed by atoms with Gasteiger partial charge in [0, 0.05) is 18.8 Å². The molecule has 3 aromatic rings. The smallest absolute Gasteiger partial charge is 0.276 e. The van der Waals surface area contributed by atoms with Crippen molar-refractivity contribution in [2.75, 3.05) is 19.8 Å². The zero-order valence-corrected chi connectivity index (χ0v) is 19.8. The van der Waals surface area contributed by atoms with E-state index in [1.165, 1.54) is 4.68 Å². The number of fused-ring (bicyclic) bond motifs is 1. The Morgan fingerprint density at radius 2 is 1.78 bits per heavy atom. The Kier molecular flexibility index (Phi) is 7.20. The van der Waals surface area contributed by atoms with Crippen molar-refractivity contribution in [2.45, 2.75) is 32.0 Å². The summed E-state index contributed by atoms with van der Waals surface area (Å²) in [5, 5.41) is 37.8. The lowest BCUT2D eigenvalue weighted by atomic mass is 9.96. The number of benzene rings is 1. The first-order valence-corrected chi connectivity index (χ1v) is 11.3. The van der Waals surface area contributed by atoms with Gasteiger partial charge in [-0.15, -0.1) is 0 Å². The number of hydrogen-bond acceptors (Lipinski definition) is 7. The third-order valence-corrected chi connectivity index (χ3v) is 5.88. The number of amides is 1. The molecular weight excluding hydrogens is 462 g/mol. The number of nitrogens with zero attached hydrogens (tertiary/aromatic N) is 5. The fourth-order valence-electron chi connectivity index (χ4n) is 4.26. The van der Waals surface area contributed by atoms with E-state index in [0.717, 1.165) is 11.8 Å². The van der Waals surface area contributed by atoms with E-state index >= 15 is 0 Å². The zero-order valence-electron chi connectivity index (χ0n) is 19.8. The molecule has 3 N–H and O–H groups in total. The van der Waals surface area contributed by atoms with Gasteiger partial charge in [-0.25, -0.2) is 4.68 Å². The van der Waals surface area contributed by atoms with E-state index in [2.05, 4.69) is 33.9 Å². The summed E-state index contributed by atoms with van der Waals surface area (Å²) in [5.41, 5.74) is 0.680. The van der Waals surface area contributed by atoms with Crippen LogP contribution in [0.4, 0.5) is 0 Å². The first kappa shape index (κ1) is 24.7.